The lowest BCUT2D eigenvalue weighted by molar-refractivity contribution is 0.192. The second-order valence-electron chi connectivity index (χ2n) is 7.65. The lowest BCUT2D eigenvalue weighted by Gasteiger charge is -2.35. The minimum Gasteiger partial charge on any atom is -0.348 e. The molecule has 6 nitrogen and oxygen atoms in total. The van der Waals surface area contributed by atoms with Crippen molar-refractivity contribution >= 4 is 11.0 Å². The number of aromatic amines is 1. The van der Waals surface area contributed by atoms with Gasteiger partial charge in [0.15, 0.2) is 0 Å². The minimum absolute atomic E-state index is 0.110. The van der Waals surface area contributed by atoms with Gasteiger partial charge in [-0.15, -0.1) is 0 Å². The Morgan fingerprint density at radius 2 is 1.96 bits per heavy atom. The summed E-state index contributed by atoms with van der Waals surface area (Å²) in [5.41, 5.74) is 5.82. The molecule has 142 valence electrons. The van der Waals surface area contributed by atoms with Crippen molar-refractivity contribution in [1.29, 1.82) is 0 Å². The van der Waals surface area contributed by atoms with Crippen molar-refractivity contribution in [3.63, 3.8) is 0 Å². The highest BCUT2D eigenvalue weighted by molar-refractivity contribution is 5.76. The fourth-order valence-corrected chi connectivity index (χ4v) is 4.37. The number of nitrogens with zero attached hydrogens (tertiary/aromatic N) is 5. The number of aromatic nitrogens is 5. The van der Waals surface area contributed by atoms with Crippen molar-refractivity contribution in [1.82, 2.24) is 29.4 Å². The number of H-pyrrole nitrogens is 1. The number of hydrogen-bond acceptors (Lipinski definition) is 4. The van der Waals surface area contributed by atoms with Gasteiger partial charge in [-0.2, -0.15) is 0 Å². The van der Waals surface area contributed by atoms with Crippen LogP contribution in [-0.4, -0.2) is 35.9 Å². The van der Waals surface area contributed by atoms with Crippen molar-refractivity contribution < 1.29 is 0 Å². The summed E-state index contributed by atoms with van der Waals surface area (Å²) in [4.78, 5) is 19.6. The maximum Gasteiger partial charge on any atom is 0.124 e. The van der Waals surface area contributed by atoms with E-state index < -0.39 is 0 Å². The van der Waals surface area contributed by atoms with Crippen LogP contribution in [-0.2, 0) is 13.0 Å². The summed E-state index contributed by atoms with van der Waals surface area (Å²) in [6, 6.07) is 13.0. The Labute approximate surface area is 164 Å². The smallest absolute Gasteiger partial charge is 0.124 e. The fraction of sp³-hybridized carbons (Fsp3) is 0.318. The van der Waals surface area contributed by atoms with Gasteiger partial charge >= 0.3 is 0 Å². The second-order valence-corrected chi connectivity index (χ2v) is 7.65. The van der Waals surface area contributed by atoms with E-state index in [1.807, 2.05) is 18.7 Å². The van der Waals surface area contributed by atoms with E-state index in [2.05, 4.69) is 74.7 Å². The summed E-state index contributed by atoms with van der Waals surface area (Å²) < 4.78 is 2.36. The van der Waals surface area contributed by atoms with Crippen LogP contribution >= 0.6 is 0 Å². The van der Waals surface area contributed by atoms with Gasteiger partial charge in [0.2, 0.25) is 0 Å². The number of fused-ring (bicyclic) bond motifs is 2. The summed E-state index contributed by atoms with van der Waals surface area (Å²) in [5.74, 6) is 1.11. The lowest BCUT2D eigenvalue weighted by atomic mass is 9.96. The standard InChI is InChI=1S/C22H24N6/c1-15(2)28-19-6-4-3-5-17(19)26-20(28)13-27-12-9-18-21(25-14-24-18)22(27)16-7-10-23-11-8-16/h3-8,10-11,14-15,22H,9,12-13H2,1-2H3,(H,24,25)/t22-/m1/s1. The Morgan fingerprint density at radius 1 is 1.14 bits per heavy atom. The molecule has 6 heteroatoms. The predicted molar refractivity (Wildman–Crippen MR) is 109 cm³/mol. The van der Waals surface area contributed by atoms with E-state index in [1.54, 1.807) is 0 Å². The first-order valence-corrected chi connectivity index (χ1v) is 9.84. The molecule has 0 spiro atoms. The van der Waals surface area contributed by atoms with Gasteiger partial charge in [-0.05, 0) is 43.7 Å². The molecule has 4 aromatic rings. The third-order valence-corrected chi connectivity index (χ3v) is 5.58. The fourth-order valence-electron chi connectivity index (χ4n) is 4.37. The largest absolute Gasteiger partial charge is 0.348 e. The molecule has 1 aromatic carbocycles. The Balaban J connectivity index is 1.58. The molecule has 4 heterocycles. The number of hydrogen-bond donors (Lipinski definition) is 1. The zero-order chi connectivity index (χ0) is 19.1. The Bertz CT molecular complexity index is 1090. The van der Waals surface area contributed by atoms with E-state index in [0.717, 1.165) is 36.5 Å². The van der Waals surface area contributed by atoms with Crippen LogP contribution in [0, 0.1) is 0 Å². The first-order chi connectivity index (χ1) is 13.7. The first-order valence-electron chi connectivity index (χ1n) is 9.84. The highest BCUT2D eigenvalue weighted by atomic mass is 15.2. The van der Waals surface area contributed by atoms with Crippen molar-refractivity contribution in [3.05, 3.63) is 77.9 Å². The topological polar surface area (TPSA) is 62.6 Å². The number of rotatable bonds is 4. The number of pyridine rings is 1. The van der Waals surface area contributed by atoms with Crippen LogP contribution < -0.4 is 0 Å². The van der Waals surface area contributed by atoms with Crippen molar-refractivity contribution in [2.45, 2.75) is 38.9 Å². The number of para-hydroxylation sites is 2. The SMILES string of the molecule is CC(C)n1c(CN2CCc3[nH]cnc3[C@H]2c2ccncc2)nc2ccccc21. The maximum absolute atomic E-state index is 4.98. The lowest BCUT2D eigenvalue weighted by Crippen LogP contribution is -2.36. The molecule has 1 aliphatic rings. The van der Waals surface area contributed by atoms with E-state index in [1.165, 1.54) is 16.8 Å². The van der Waals surface area contributed by atoms with Crippen LogP contribution in [0.25, 0.3) is 11.0 Å². The van der Waals surface area contributed by atoms with Crippen LogP contribution in [0.2, 0.25) is 0 Å². The molecule has 1 atom stereocenters. The van der Waals surface area contributed by atoms with Crippen molar-refractivity contribution in [3.8, 4) is 0 Å². The van der Waals surface area contributed by atoms with E-state index in [0.29, 0.717) is 6.04 Å². The van der Waals surface area contributed by atoms with Gasteiger partial charge in [-0.3, -0.25) is 9.88 Å². The molecule has 3 aromatic heterocycles. The molecule has 0 saturated heterocycles. The molecule has 0 unspecified atom stereocenters. The average molecular weight is 372 g/mol. The Kier molecular flexibility index (Phi) is 4.20. The van der Waals surface area contributed by atoms with Crippen LogP contribution in [0.15, 0.2) is 55.1 Å². The third-order valence-electron chi connectivity index (χ3n) is 5.58. The molecule has 0 amide bonds. The van der Waals surface area contributed by atoms with Crippen LogP contribution in [0.1, 0.15) is 48.7 Å². The van der Waals surface area contributed by atoms with E-state index in [-0.39, 0.29) is 6.04 Å². The van der Waals surface area contributed by atoms with Crippen molar-refractivity contribution in [2.24, 2.45) is 0 Å². The maximum atomic E-state index is 4.98. The summed E-state index contributed by atoms with van der Waals surface area (Å²) in [7, 11) is 0. The molecule has 1 aliphatic heterocycles. The molecule has 0 saturated carbocycles. The monoisotopic (exact) mass is 372 g/mol. The highest BCUT2D eigenvalue weighted by Crippen LogP contribution is 2.34. The van der Waals surface area contributed by atoms with E-state index >= 15 is 0 Å². The molecule has 5 rings (SSSR count). The summed E-state index contributed by atoms with van der Waals surface area (Å²) in [6.07, 6.45) is 6.50. The normalized spacial score (nSPS) is 17.3. The van der Waals surface area contributed by atoms with Gasteiger partial charge in [0.1, 0.15) is 5.82 Å². The van der Waals surface area contributed by atoms with Crippen molar-refractivity contribution in [2.75, 3.05) is 6.54 Å². The molecule has 0 aliphatic carbocycles. The van der Waals surface area contributed by atoms with Gasteiger partial charge in [0.05, 0.1) is 35.6 Å². The van der Waals surface area contributed by atoms with Crippen LogP contribution in [0.3, 0.4) is 0 Å². The van der Waals surface area contributed by atoms with Crippen LogP contribution in [0.4, 0.5) is 0 Å². The number of nitrogens with one attached hydrogen (secondary N) is 1. The van der Waals surface area contributed by atoms with E-state index in [4.69, 9.17) is 4.98 Å². The zero-order valence-electron chi connectivity index (χ0n) is 16.2. The number of benzene rings is 1. The molecule has 1 N–H and O–H groups in total. The molecule has 0 radical (unpaired) electrons. The molecular formula is C22H24N6. The van der Waals surface area contributed by atoms with Gasteiger partial charge in [-0.1, -0.05) is 12.1 Å². The van der Waals surface area contributed by atoms with Gasteiger partial charge in [-0.25, -0.2) is 9.97 Å². The predicted octanol–water partition coefficient (Wildman–Crippen LogP) is 3.88. The zero-order valence-corrected chi connectivity index (χ0v) is 16.2. The van der Waals surface area contributed by atoms with Crippen LogP contribution in [0.5, 0.6) is 0 Å². The number of imidazole rings is 2. The quantitative estimate of drug-likeness (QED) is 0.590. The van der Waals surface area contributed by atoms with E-state index in [9.17, 15) is 0 Å². The molecule has 0 bridgehead atoms. The van der Waals surface area contributed by atoms with Gasteiger partial charge in [0, 0.05) is 37.1 Å². The molecule has 0 fully saturated rings. The summed E-state index contributed by atoms with van der Waals surface area (Å²) in [5, 5.41) is 0. The Hall–Kier alpha value is -2.99. The third kappa shape index (κ3) is 2.81. The van der Waals surface area contributed by atoms with Gasteiger partial charge < -0.3 is 9.55 Å². The summed E-state index contributed by atoms with van der Waals surface area (Å²) in [6.45, 7) is 6.19. The highest BCUT2D eigenvalue weighted by Gasteiger charge is 2.32. The second kappa shape index (κ2) is 6.87. The first kappa shape index (κ1) is 17.1. The minimum atomic E-state index is 0.110. The van der Waals surface area contributed by atoms with Gasteiger partial charge in [0.25, 0.3) is 0 Å². The summed E-state index contributed by atoms with van der Waals surface area (Å²) >= 11 is 0. The average Bonchev–Trinajstić information content (AvgIpc) is 3.32. The molecular weight excluding hydrogens is 348 g/mol. The molecule has 28 heavy (non-hydrogen) atoms. The Morgan fingerprint density at radius 3 is 2.79 bits per heavy atom.